The molecular weight excluding hydrogens is 284 g/mol. The van der Waals surface area contributed by atoms with E-state index < -0.39 is 10.0 Å². The van der Waals surface area contributed by atoms with E-state index in [0.29, 0.717) is 17.0 Å². The van der Waals surface area contributed by atoms with Crippen LogP contribution in [0.15, 0.2) is 65.7 Å². The number of benzene rings is 2. The number of hydrogen-bond donors (Lipinski definition) is 1. The highest BCUT2D eigenvalue weighted by Gasteiger charge is 2.18. The van der Waals surface area contributed by atoms with Gasteiger partial charge in [0.1, 0.15) is 0 Å². The second-order valence-corrected chi connectivity index (χ2v) is 6.66. The first-order chi connectivity index (χ1) is 10.1. The van der Waals surface area contributed by atoms with Crippen LogP contribution in [0.2, 0.25) is 0 Å². The molecule has 1 N–H and O–H groups in total. The lowest BCUT2D eigenvalue weighted by atomic mass is 10.2. The summed E-state index contributed by atoms with van der Waals surface area (Å²) in [5, 5.41) is 3.95. The maximum Gasteiger partial charge on any atom is 0.268 e. The molecule has 0 amide bonds. The summed E-state index contributed by atoms with van der Waals surface area (Å²) in [5.41, 5.74) is 1.74. The van der Waals surface area contributed by atoms with E-state index in [1.807, 2.05) is 49.5 Å². The highest BCUT2D eigenvalue weighted by Crippen LogP contribution is 2.22. The minimum atomic E-state index is -3.56. The van der Waals surface area contributed by atoms with Gasteiger partial charge in [0.05, 0.1) is 10.4 Å². The zero-order valence-electron chi connectivity index (χ0n) is 11.7. The Morgan fingerprint density at radius 1 is 1.00 bits per heavy atom. The van der Waals surface area contributed by atoms with Crippen LogP contribution in [-0.2, 0) is 16.6 Å². The van der Waals surface area contributed by atoms with Crippen molar-refractivity contribution >= 4 is 20.9 Å². The van der Waals surface area contributed by atoms with Crippen LogP contribution in [0, 0.1) is 0 Å². The van der Waals surface area contributed by atoms with Gasteiger partial charge in [0.25, 0.3) is 10.0 Å². The SMILES string of the molecule is CNCc1ccc(S(=O)(=O)n2ccc3ccccc32)cc1. The topological polar surface area (TPSA) is 51.1 Å². The van der Waals surface area contributed by atoms with Gasteiger partial charge in [-0.1, -0.05) is 30.3 Å². The highest BCUT2D eigenvalue weighted by molar-refractivity contribution is 7.90. The molecule has 0 spiro atoms. The average molecular weight is 300 g/mol. The summed E-state index contributed by atoms with van der Waals surface area (Å²) >= 11 is 0. The molecule has 0 bridgehead atoms. The van der Waals surface area contributed by atoms with Crippen molar-refractivity contribution in [1.82, 2.24) is 9.29 Å². The molecule has 1 heterocycles. The van der Waals surface area contributed by atoms with E-state index in [1.165, 1.54) is 3.97 Å². The molecule has 0 aliphatic rings. The summed E-state index contributed by atoms with van der Waals surface area (Å²) in [6.07, 6.45) is 1.60. The smallest absolute Gasteiger partial charge is 0.268 e. The highest BCUT2D eigenvalue weighted by atomic mass is 32.2. The Kier molecular flexibility index (Phi) is 3.53. The van der Waals surface area contributed by atoms with E-state index in [0.717, 1.165) is 10.9 Å². The van der Waals surface area contributed by atoms with E-state index in [1.54, 1.807) is 18.3 Å². The average Bonchev–Trinajstić information content (AvgIpc) is 2.93. The number of fused-ring (bicyclic) bond motifs is 1. The predicted molar refractivity (Wildman–Crippen MR) is 83.7 cm³/mol. The minimum absolute atomic E-state index is 0.295. The Morgan fingerprint density at radius 3 is 2.43 bits per heavy atom. The van der Waals surface area contributed by atoms with Gasteiger partial charge in [-0.15, -0.1) is 0 Å². The van der Waals surface area contributed by atoms with Crippen molar-refractivity contribution in [3.63, 3.8) is 0 Å². The minimum Gasteiger partial charge on any atom is -0.316 e. The van der Waals surface area contributed by atoms with E-state index in [4.69, 9.17) is 0 Å². The molecular formula is C16H16N2O2S. The Labute approximate surface area is 124 Å². The zero-order chi connectivity index (χ0) is 14.9. The maximum atomic E-state index is 12.7. The van der Waals surface area contributed by atoms with Crippen LogP contribution >= 0.6 is 0 Å². The Morgan fingerprint density at radius 2 is 1.71 bits per heavy atom. The fourth-order valence-corrected chi connectivity index (χ4v) is 3.72. The molecule has 0 radical (unpaired) electrons. The van der Waals surface area contributed by atoms with Crippen LogP contribution in [0.3, 0.4) is 0 Å². The molecule has 108 valence electrons. The number of hydrogen-bond acceptors (Lipinski definition) is 3. The third-order valence-corrected chi connectivity index (χ3v) is 5.13. The summed E-state index contributed by atoms with van der Waals surface area (Å²) in [4.78, 5) is 0.295. The third-order valence-electron chi connectivity index (χ3n) is 3.42. The lowest BCUT2D eigenvalue weighted by Gasteiger charge is -2.08. The van der Waals surface area contributed by atoms with E-state index >= 15 is 0 Å². The Balaban J connectivity index is 2.07. The molecule has 0 unspecified atom stereocenters. The van der Waals surface area contributed by atoms with Crippen molar-refractivity contribution in [3.05, 3.63) is 66.4 Å². The van der Waals surface area contributed by atoms with Crippen LogP contribution in [0.5, 0.6) is 0 Å². The summed E-state index contributed by atoms with van der Waals surface area (Å²) in [5.74, 6) is 0. The Hall–Kier alpha value is -2.11. The van der Waals surface area contributed by atoms with Gasteiger partial charge in [-0.25, -0.2) is 12.4 Å². The summed E-state index contributed by atoms with van der Waals surface area (Å²) in [6, 6.07) is 16.2. The van der Waals surface area contributed by atoms with E-state index in [2.05, 4.69) is 5.32 Å². The lowest BCUT2D eigenvalue weighted by molar-refractivity contribution is 0.589. The third kappa shape index (κ3) is 2.46. The molecule has 0 aliphatic heterocycles. The summed E-state index contributed by atoms with van der Waals surface area (Å²) in [7, 11) is -1.70. The van der Waals surface area contributed by atoms with Crippen LogP contribution in [0.25, 0.3) is 10.9 Å². The molecule has 0 fully saturated rings. The van der Waals surface area contributed by atoms with Crippen molar-refractivity contribution in [3.8, 4) is 0 Å². The lowest BCUT2D eigenvalue weighted by Crippen LogP contribution is -2.12. The largest absolute Gasteiger partial charge is 0.316 e. The van der Waals surface area contributed by atoms with Gasteiger partial charge in [-0.2, -0.15) is 0 Å². The second kappa shape index (κ2) is 5.35. The predicted octanol–water partition coefficient (Wildman–Crippen LogP) is 2.60. The number of aromatic nitrogens is 1. The van der Waals surface area contributed by atoms with Crippen molar-refractivity contribution in [2.24, 2.45) is 0 Å². The molecule has 2 aromatic carbocycles. The molecule has 21 heavy (non-hydrogen) atoms. The first-order valence-corrected chi connectivity index (χ1v) is 8.12. The number of rotatable bonds is 4. The molecule has 0 aliphatic carbocycles. The molecule has 0 saturated carbocycles. The summed E-state index contributed by atoms with van der Waals surface area (Å²) in [6.45, 7) is 0.715. The second-order valence-electron chi connectivity index (χ2n) is 4.85. The van der Waals surface area contributed by atoms with Crippen LogP contribution in [0.1, 0.15) is 5.56 Å². The molecule has 3 aromatic rings. The van der Waals surface area contributed by atoms with Crippen LogP contribution in [0.4, 0.5) is 0 Å². The van der Waals surface area contributed by atoms with Crippen molar-refractivity contribution in [1.29, 1.82) is 0 Å². The van der Waals surface area contributed by atoms with Crippen LogP contribution < -0.4 is 5.32 Å². The number of nitrogens with zero attached hydrogens (tertiary/aromatic N) is 1. The Bertz CT molecular complexity index is 865. The number of nitrogens with one attached hydrogen (secondary N) is 1. The van der Waals surface area contributed by atoms with Gasteiger partial charge in [0, 0.05) is 18.1 Å². The van der Waals surface area contributed by atoms with Gasteiger partial charge in [0.2, 0.25) is 0 Å². The fraction of sp³-hybridized carbons (Fsp3) is 0.125. The quantitative estimate of drug-likeness (QED) is 0.806. The molecule has 3 rings (SSSR count). The van der Waals surface area contributed by atoms with E-state index in [-0.39, 0.29) is 0 Å². The monoisotopic (exact) mass is 300 g/mol. The van der Waals surface area contributed by atoms with Gasteiger partial charge < -0.3 is 5.32 Å². The maximum absolute atomic E-state index is 12.7. The zero-order valence-corrected chi connectivity index (χ0v) is 12.5. The van der Waals surface area contributed by atoms with Crippen molar-refractivity contribution in [2.45, 2.75) is 11.4 Å². The normalized spacial score (nSPS) is 11.9. The fourth-order valence-electron chi connectivity index (χ4n) is 2.36. The summed E-state index contributed by atoms with van der Waals surface area (Å²) < 4.78 is 26.8. The molecule has 1 aromatic heterocycles. The molecule has 5 heteroatoms. The molecule has 0 atom stereocenters. The first kappa shape index (κ1) is 13.9. The van der Waals surface area contributed by atoms with E-state index in [9.17, 15) is 8.42 Å². The van der Waals surface area contributed by atoms with Gasteiger partial charge in [0.15, 0.2) is 0 Å². The number of para-hydroxylation sites is 1. The standard InChI is InChI=1S/C16H16N2O2S/c1-17-12-13-6-8-15(9-7-13)21(19,20)18-11-10-14-4-2-3-5-16(14)18/h2-11,17H,12H2,1H3. The first-order valence-electron chi connectivity index (χ1n) is 6.68. The van der Waals surface area contributed by atoms with Gasteiger partial charge >= 0.3 is 0 Å². The molecule has 0 saturated heterocycles. The van der Waals surface area contributed by atoms with Crippen LogP contribution in [-0.4, -0.2) is 19.4 Å². The molecule has 4 nitrogen and oxygen atoms in total. The van der Waals surface area contributed by atoms with Gasteiger partial charge in [-0.3, -0.25) is 0 Å². The van der Waals surface area contributed by atoms with Gasteiger partial charge in [-0.05, 0) is 36.9 Å². The van der Waals surface area contributed by atoms with Crippen molar-refractivity contribution in [2.75, 3.05) is 7.05 Å². The van der Waals surface area contributed by atoms with Crippen molar-refractivity contribution < 1.29 is 8.42 Å².